The first kappa shape index (κ1) is 25.2. The maximum Gasteiger partial charge on any atom is 0.130 e. The number of ether oxygens (including phenoxy) is 2. The van der Waals surface area contributed by atoms with E-state index >= 15 is 0 Å². The zero-order valence-corrected chi connectivity index (χ0v) is 20.5. The predicted octanol–water partition coefficient (Wildman–Crippen LogP) is 8.14. The van der Waals surface area contributed by atoms with Crippen LogP contribution < -0.4 is 4.74 Å². The summed E-state index contributed by atoms with van der Waals surface area (Å²) in [5.74, 6) is 0.658. The minimum atomic E-state index is -0.284. The molecule has 0 saturated carbocycles. The summed E-state index contributed by atoms with van der Waals surface area (Å²) in [4.78, 5) is 0. The molecular weight excluding hydrogens is 423 g/mol. The number of benzene rings is 3. The van der Waals surface area contributed by atoms with Crippen LogP contribution in [0.2, 0.25) is 0 Å². The molecule has 1 atom stereocenters. The van der Waals surface area contributed by atoms with Crippen molar-refractivity contribution in [2.24, 2.45) is 5.92 Å². The molecule has 3 rings (SSSR count). The van der Waals surface area contributed by atoms with Gasteiger partial charge in [-0.3, -0.25) is 0 Å². The van der Waals surface area contributed by atoms with Gasteiger partial charge in [-0.05, 0) is 71.3 Å². The van der Waals surface area contributed by atoms with Crippen molar-refractivity contribution in [3.8, 4) is 16.9 Å². The van der Waals surface area contributed by atoms with Gasteiger partial charge in [0.1, 0.15) is 18.2 Å². The Morgan fingerprint density at radius 3 is 2.09 bits per heavy atom. The zero-order valence-electron chi connectivity index (χ0n) is 20.5. The molecule has 0 fully saturated rings. The van der Waals surface area contributed by atoms with Crippen LogP contribution in [0.5, 0.6) is 5.75 Å². The lowest BCUT2D eigenvalue weighted by molar-refractivity contribution is 0.146. The molecule has 0 amide bonds. The van der Waals surface area contributed by atoms with E-state index in [2.05, 4.69) is 69.8 Å². The second kappa shape index (κ2) is 12.2. The van der Waals surface area contributed by atoms with E-state index < -0.39 is 0 Å². The SMILES string of the molecule is C=CC(C)/C=C/c1cccc(-c2cccc(/C=C/c3cc(OCCOC)ccc3F)c2C)c1C. The highest BCUT2D eigenvalue weighted by molar-refractivity contribution is 5.80. The van der Waals surface area contributed by atoms with Crippen LogP contribution in [-0.4, -0.2) is 20.3 Å². The van der Waals surface area contributed by atoms with Crippen molar-refractivity contribution >= 4 is 18.2 Å². The lowest BCUT2D eigenvalue weighted by atomic mass is 9.91. The summed E-state index contributed by atoms with van der Waals surface area (Å²) in [5, 5.41) is 0. The highest BCUT2D eigenvalue weighted by Crippen LogP contribution is 2.31. The summed E-state index contributed by atoms with van der Waals surface area (Å²) in [7, 11) is 1.62. The summed E-state index contributed by atoms with van der Waals surface area (Å²) in [6.07, 6.45) is 10.0. The van der Waals surface area contributed by atoms with Crippen LogP contribution in [-0.2, 0) is 4.74 Å². The largest absolute Gasteiger partial charge is 0.491 e. The fraction of sp³-hybridized carbons (Fsp3) is 0.226. The van der Waals surface area contributed by atoms with Crippen LogP contribution in [0.4, 0.5) is 4.39 Å². The van der Waals surface area contributed by atoms with Crippen molar-refractivity contribution in [3.05, 3.63) is 107 Å². The second-order valence-corrected chi connectivity index (χ2v) is 8.35. The van der Waals surface area contributed by atoms with Gasteiger partial charge in [0, 0.05) is 12.7 Å². The van der Waals surface area contributed by atoms with Crippen molar-refractivity contribution < 1.29 is 13.9 Å². The third kappa shape index (κ3) is 6.33. The molecule has 34 heavy (non-hydrogen) atoms. The van der Waals surface area contributed by atoms with E-state index in [0.29, 0.717) is 30.4 Å². The molecule has 1 unspecified atom stereocenters. The average molecular weight is 457 g/mol. The standard InChI is InChI=1S/C31H33FO2/c1-6-22(2)13-14-25-9-7-11-29(23(25)3)30-12-8-10-26(24(30)4)15-16-27-21-28(17-18-31(27)32)34-20-19-33-5/h6-18,21-22H,1,19-20H2,2-5H3/b14-13+,16-15+. The molecule has 0 radical (unpaired) electrons. The molecule has 2 nitrogen and oxygen atoms in total. The molecular formula is C31H33FO2. The highest BCUT2D eigenvalue weighted by Gasteiger charge is 2.10. The van der Waals surface area contributed by atoms with Crippen LogP contribution in [0.15, 0.2) is 73.3 Å². The van der Waals surface area contributed by atoms with Crippen molar-refractivity contribution in [2.75, 3.05) is 20.3 Å². The van der Waals surface area contributed by atoms with Crippen LogP contribution in [0.1, 0.15) is 34.7 Å². The van der Waals surface area contributed by atoms with E-state index in [4.69, 9.17) is 9.47 Å². The number of halogens is 1. The van der Waals surface area contributed by atoms with E-state index in [-0.39, 0.29) is 5.82 Å². The Labute approximate surface area is 203 Å². The predicted molar refractivity (Wildman–Crippen MR) is 142 cm³/mol. The molecule has 0 aliphatic rings. The minimum absolute atomic E-state index is 0.284. The van der Waals surface area contributed by atoms with Gasteiger partial charge < -0.3 is 9.47 Å². The van der Waals surface area contributed by atoms with Crippen LogP contribution >= 0.6 is 0 Å². The van der Waals surface area contributed by atoms with E-state index in [1.54, 1.807) is 25.3 Å². The topological polar surface area (TPSA) is 18.5 Å². The fourth-order valence-electron chi connectivity index (χ4n) is 3.75. The van der Waals surface area contributed by atoms with Gasteiger partial charge in [-0.25, -0.2) is 4.39 Å². The third-order valence-corrected chi connectivity index (χ3v) is 5.96. The van der Waals surface area contributed by atoms with Crippen molar-refractivity contribution in [3.63, 3.8) is 0 Å². The smallest absolute Gasteiger partial charge is 0.130 e. The normalized spacial score (nSPS) is 12.4. The van der Waals surface area contributed by atoms with Crippen LogP contribution in [0.25, 0.3) is 29.4 Å². The number of hydrogen-bond acceptors (Lipinski definition) is 2. The first-order valence-corrected chi connectivity index (χ1v) is 11.5. The summed E-state index contributed by atoms with van der Waals surface area (Å²) in [6, 6.07) is 17.4. The third-order valence-electron chi connectivity index (χ3n) is 5.96. The quantitative estimate of drug-likeness (QED) is 0.174. The Balaban J connectivity index is 1.91. The first-order valence-electron chi connectivity index (χ1n) is 11.5. The van der Waals surface area contributed by atoms with E-state index in [9.17, 15) is 4.39 Å². The minimum Gasteiger partial charge on any atom is -0.491 e. The molecule has 0 heterocycles. The lowest BCUT2D eigenvalue weighted by Crippen LogP contribution is -2.04. The Morgan fingerprint density at radius 2 is 1.47 bits per heavy atom. The summed E-state index contributed by atoms with van der Waals surface area (Å²) in [5.41, 5.74) is 7.47. The molecule has 0 saturated heterocycles. The van der Waals surface area contributed by atoms with Crippen LogP contribution in [0, 0.1) is 25.6 Å². The first-order chi connectivity index (χ1) is 16.4. The molecule has 0 N–H and O–H groups in total. The Kier molecular flexibility index (Phi) is 9.00. The monoisotopic (exact) mass is 456 g/mol. The summed E-state index contributed by atoms with van der Waals surface area (Å²) in [6.45, 7) is 11.1. The van der Waals surface area contributed by atoms with Gasteiger partial charge in [0.25, 0.3) is 0 Å². The molecule has 0 aliphatic heterocycles. The molecule has 176 valence electrons. The summed E-state index contributed by atoms with van der Waals surface area (Å²) < 4.78 is 25.0. The van der Waals surface area contributed by atoms with Crippen LogP contribution in [0.3, 0.4) is 0 Å². The van der Waals surface area contributed by atoms with E-state index in [1.807, 2.05) is 18.2 Å². The molecule has 3 aromatic carbocycles. The van der Waals surface area contributed by atoms with Gasteiger partial charge in [-0.2, -0.15) is 0 Å². The number of methoxy groups -OCH3 is 1. The maximum atomic E-state index is 14.4. The average Bonchev–Trinajstić information content (AvgIpc) is 2.84. The maximum absolute atomic E-state index is 14.4. The van der Waals surface area contributed by atoms with Gasteiger partial charge in [0.2, 0.25) is 0 Å². The highest BCUT2D eigenvalue weighted by atomic mass is 19.1. The molecule has 0 spiro atoms. The Hall–Kier alpha value is -3.43. The second-order valence-electron chi connectivity index (χ2n) is 8.35. The van der Waals surface area contributed by atoms with Gasteiger partial charge in [0.15, 0.2) is 0 Å². The lowest BCUT2D eigenvalue weighted by Gasteiger charge is -2.14. The van der Waals surface area contributed by atoms with Gasteiger partial charge >= 0.3 is 0 Å². The van der Waals surface area contributed by atoms with Crippen molar-refractivity contribution in [2.45, 2.75) is 20.8 Å². The van der Waals surface area contributed by atoms with Gasteiger partial charge in [-0.1, -0.05) is 73.7 Å². The molecule has 3 aromatic rings. The van der Waals surface area contributed by atoms with E-state index in [1.165, 1.54) is 28.3 Å². The number of allylic oxidation sites excluding steroid dienone is 2. The molecule has 3 heteroatoms. The Bertz CT molecular complexity index is 1190. The summed E-state index contributed by atoms with van der Waals surface area (Å²) >= 11 is 0. The van der Waals surface area contributed by atoms with Gasteiger partial charge in [-0.15, -0.1) is 6.58 Å². The molecule has 0 bridgehead atoms. The Morgan fingerprint density at radius 1 is 0.853 bits per heavy atom. The van der Waals surface area contributed by atoms with E-state index in [0.717, 1.165) is 11.1 Å². The molecule has 0 aromatic heterocycles. The van der Waals surface area contributed by atoms with Crippen molar-refractivity contribution in [1.29, 1.82) is 0 Å². The van der Waals surface area contributed by atoms with Gasteiger partial charge in [0.05, 0.1) is 6.61 Å². The fourth-order valence-corrected chi connectivity index (χ4v) is 3.75. The van der Waals surface area contributed by atoms with Crippen molar-refractivity contribution in [1.82, 2.24) is 0 Å². The number of rotatable bonds is 10. The molecule has 0 aliphatic carbocycles. The number of hydrogen-bond donors (Lipinski definition) is 0. The zero-order chi connectivity index (χ0) is 24.5.